The molecule has 0 aliphatic rings. The number of nitrogens with one attached hydrogen (secondary N) is 7. The summed E-state index contributed by atoms with van der Waals surface area (Å²) in [5.74, 6) is 11.4. The minimum Gasteiger partial charge on any atom is -0.444 e. The third kappa shape index (κ3) is 20.7. The fourth-order valence-electron chi connectivity index (χ4n) is 7.21. The topological polar surface area (TPSA) is 333 Å². The molecule has 3 amide bonds. The van der Waals surface area contributed by atoms with Crippen LogP contribution in [0.25, 0.3) is 33.1 Å². The number of nitrogens with zero attached hydrogens (tertiary/aromatic N) is 10. The second kappa shape index (κ2) is 32.5. The molecule has 10 aromatic rings. The summed E-state index contributed by atoms with van der Waals surface area (Å²) in [6.07, 6.45) is 17.1. The van der Waals surface area contributed by atoms with E-state index in [4.69, 9.17) is 22.2 Å². The van der Waals surface area contributed by atoms with Crippen molar-refractivity contribution < 1.29 is 32.3 Å². The smallest absolute Gasteiger partial charge is 0.408 e. The molecule has 0 saturated carbocycles. The van der Waals surface area contributed by atoms with Crippen LogP contribution >= 0.6 is 15.9 Å². The minimum atomic E-state index is -0.946. The van der Waals surface area contributed by atoms with Crippen molar-refractivity contribution in [3.05, 3.63) is 195 Å². The summed E-state index contributed by atoms with van der Waals surface area (Å²) in [6.45, 7) is 9.64. The van der Waals surface area contributed by atoms with Gasteiger partial charge in [0.2, 0.25) is 5.95 Å². The first-order valence-corrected chi connectivity index (χ1v) is 27.0. The second-order valence-electron chi connectivity index (χ2n) is 19.1. The van der Waals surface area contributed by atoms with Gasteiger partial charge >= 0.3 is 6.09 Å². The Morgan fingerprint density at radius 2 is 1.08 bits per heavy atom. The van der Waals surface area contributed by atoms with Crippen LogP contribution in [-0.2, 0) is 4.74 Å². The molecule has 0 bridgehead atoms. The molecule has 0 saturated heterocycles. The first-order valence-electron chi connectivity index (χ1n) is 26.2. The van der Waals surface area contributed by atoms with Crippen molar-refractivity contribution in [1.82, 2.24) is 71.5 Å². The second-order valence-corrected chi connectivity index (χ2v) is 20.1. The van der Waals surface area contributed by atoms with E-state index in [1.807, 2.05) is 24.3 Å². The maximum absolute atomic E-state index is 13.5. The molecule has 0 aliphatic heterocycles. The Bertz CT molecular complexity index is 4300. The van der Waals surface area contributed by atoms with Gasteiger partial charge < -0.3 is 31.7 Å². The highest BCUT2D eigenvalue weighted by molar-refractivity contribution is 9.10. The number of carbonyl (C=O) groups excluding carboxylic acids is 3. The largest absolute Gasteiger partial charge is 0.444 e. The highest BCUT2D eigenvalue weighted by atomic mass is 79.9. The van der Waals surface area contributed by atoms with Crippen LogP contribution in [0.1, 0.15) is 101 Å². The molecule has 8 aromatic heterocycles. The van der Waals surface area contributed by atoms with E-state index in [1.165, 1.54) is 48.7 Å². The summed E-state index contributed by atoms with van der Waals surface area (Å²) >= 11 is 3.31. The number of aromatic nitrogens is 11. The number of aromatic amines is 3. The molecule has 22 nitrogen and oxygen atoms in total. The van der Waals surface area contributed by atoms with Crippen LogP contribution < -0.4 is 27.0 Å². The molecule has 88 heavy (non-hydrogen) atoms. The molecule has 0 unspecified atom stereocenters. The van der Waals surface area contributed by atoms with Gasteiger partial charge in [-0.3, -0.25) is 24.9 Å². The van der Waals surface area contributed by atoms with Gasteiger partial charge in [-0.05, 0) is 116 Å². The predicted molar refractivity (Wildman–Crippen MR) is 326 cm³/mol. The van der Waals surface area contributed by atoms with Gasteiger partial charge in [-0.2, -0.15) is 30.2 Å². The maximum Gasteiger partial charge on any atom is 0.408 e. The molecule has 2 atom stereocenters. The summed E-state index contributed by atoms with van der Waals surface area (Å²) in [6, 6.07) is 22.8. The van der Waals surface area contributed by atoms with Gasteiger partial charge in [0.1, 0.15) is 35.2 Å². The van der Waals surface area contributed by atoms with Crippen molar-refractivity contribution in [2.45, 2.75) is 52.3 Å². The number of hydrogen-bond donors (Lipinski definition) is 8. The number of nitrogens with two attached hydrogens (primary N) is 1. The molecule has 0 spiro atoms. The normalized spacial score (nSPS) is 10.8. The summed E-state index contributed by atoms with van der Waals surface area (Å²) in [5, 5.41) is 51.6. The quantitative estimate of drug-likeness (QED) is 0.0493. The molecule has 0 fully saturated rings. The Balaban J connectivity index is 0.000000191. The highest BCUT2D eigenvalue weighted by Gasteiger charge is 2.19. The number of carbonyl (C=O) groups is 3. The van der Waals surface area contributed by atoms with Gasteiger partial charge in [-0.25, -0.2) is 38.5 Å². The zero-order valence-corrected chi connectivity index (χ0v) is 49.3. The van der Waals surface area contributed by atoms with Crippen LogP contribution in [0.2, 0.25) is 0 Å². The van der Waals surface area contributed by atoms with E-state index in [1.54, 1.807) is 90.0 Å². The molecular weight excluding hydrogens is 1200 g/mol. The Kier molecular flexibility index (Phi) is 24.3. The molecule has 26 heteroatoms. The van der Waals surface area contributed by atoms with Crippen molar-refractivity contribution in [1.29, 1.82) is 10.5 Å². The number of amides is 3. The summed E-state index contributed by atoms with van der Waals surface area (Å²) in [7, 11) is 0. The number of alkyl carbamates (subject to hydrolysis) is 1. The van der Waals surface area contributed by atoms with Gasteiger partial charge in [0.15, 0.2) is 16.9 Å². The predicted octanol–water partition coefficient (Wildman–Crippen LogP) is 9.17. The van der Waals surface area contributed by atoms with Crippen molar-refractivity contribution in [2.24, 2.45) is 5.73 Å². The zero-order valence-electron chi connectivity index (χ0n) is 47.7. The van der Waals surface area contributed by atoms with E-state index < -0.39 is 35.5 Å². The number of halogens is 4. The zero-order chi connectivity index (χ0) is 63.6. The monoisotopic (exact) mass is 1250 g/mol. The Morgan fingerprint density at radius 3 is 1.57 bits per heavy atom. The van der Waals surface area contributed by atoms with Crippen LogP contribution in [-0.4, -0.2) is 98.7 Å². The summed E-state index contributed by atoms with van der Waals surface area (Å²) in [5.41, 5.74) is 10.4. The molecule has 0 radical (unpaired) electrons. The van der Waals surface area contributed by atoms with Crippen molar-refractivity contribution >= 4 is 72.8 Å². The molecule has 10 rings (SSSR count). The van der Waals surface area contributed by atoms with Crippen molar-refractivity contribution in [3.63, 3.8) is 0 Å². The molecule has 2 aromatic carbocycles. The van der Waals surface area contributed by atoms with E-state index in [9.17, 15) is 32.8 Å². The van der Waals surface area contributed by atoms with Gasteiger partial charge in [0.05, 0.1) is 72.6 Å². The van der Waals surface area contributed by atoms with Gasteiger partial charge in [-0.15, -0.1) is 6.42 Å². The fourth-order valence-corrected chi connectivity index (χ4v) is 7.56. The molecule has 9 N–H and O–H groups in total. The molecule has 8 heterocycles. The highest BCUT2D eigenvalue weighted by Crippen LogP contribution is 2.20. The molecule has 0 aliphatic carbocycles. The number of ether oxygens (including phenoxy) is 1. The average Bonchev–Trinajstić information content (AvgIpc) is 4.32. The first kappa shape index (κ1) is 65.7. The van der Waals surface area contributed by atoms with Crippen molar-refractivity contribution in [2.75, 3.05) is 25.0 Å². The lowest BCUT2D eigenvalue weighted by Gasteiger charge is -2.18. The van der Waals surface area contributed by atoms with Gasteiger partial charge in [-0.1, -0.05) is 53.9 Å². The number of H-pyrrole nitrogens is 3. The van der Waals surface area contributed by atoms with E-state index in [0.29, 0.717) is 23.6 Å². The number of fused-ring (bicyclic) bond motifs is 3. The number of nitriles is 2. The number of anilines is 1. The average molecular weight is 1250 g/mol. The van der Waals surface area contributed by atoms with Crippen LogP contribution in [0.5, 0.6) is 0 Å². The Morgan fingerprint density at radius 1 is 0.625 bits per heavy atom. The minimum absolute atomic E-state index is 0.0935. The lowest BCUT2D eigenvalue weighted by atomic mass is 10.1. The lowest BCUT2D eigenvalue weighted by Crippen LogP contribution is -2.32. The van der Waals surface area contributed by atoms with Crippen LogP contribution in [0.4, 0.5) is 23.8 Å². The molecular formula is C62H54BrF3N18O4. The van der Waals surface area contributed by atoms with Gasteiger partial charge in [0, 0.05) is 62.7 Å². The SMILES string of the molecule is Brc1cnc2[nH]ncc2c1.C#CCNC(=O)OC(C)(C)C.C[C@H](NC(=O)c1cc(C#N)cnc1F)c1ccc(F)cc1.C[C@H](NC(=O)c1cc(C#N)cnc1NCC#Cc1cnc2[nH]ncc2c1)c1ccc(F)cc1.NCC#Cc1cnc2[nH]ncc2c1. The standard InChI is InChI=1S/C24H18FN7O.C15H11F2N3O.C9H8N4.C8H13NO2.C6H4BrN3/c1-15(18-4-6-20(25)7-5-18)31-24(33)21-10-17(11-26)13-29-23(21)27-8-2-3-16-9-19-14-30-32-22(19)28-12-16;1-9(11-2-4-12(16)5-3-11)20-15(21)13-6-10(7-18)8-19-14(13)17;10-3-1-2-7-4-8-6-12-13-9(8)11-5-7;1-5-6-9-7(10)11-8(2,3)4;7-5-1-4-2-9-10-6(4)8-3-5/h4-7,9-10,12-15H,8H2,1H3,(H,27,29)(H,31,33)(H,28,30,32);2-6,8-9H,1H3,(H,20,21);4-6H,3,10H2,(H,11,12,13);1H,6H2,2-4H3,(H,9,10);1-3H,(H,8,9,10)/t15-;9-;;;/m00.../s1. The number of rotatable bonds is 9. The summed E-state index contributed by atoms with van der Waals surface area (Å²) in [4.78, 5) is 55.7. The Labute approximate surface area is 510 Å². The van der Waals surface area contributed by atoms with Crippen LogP contribution in [0.3, 0.4) is 0 Å². The third-order valence-corrected chi connectivity index (χ3v) is 11.8. The number of pyridine rings is 5. The number of hydrogen-bond acceptors (Lipinski definition) is 16. The first-order chi connectivity index (χ1) is 42.2. The molecule has 444 valence electrons. The maximum atomic E-state index is 13.5. The van der Waals surface area contributed by atoms with E-state index in [2.05, 4.69) is 122 Å². The Hall–Kier alpha value is -11.5. The van der Waals surface area contributed by atoms with Crippen molar-refractivity contribution in [3.8, 4) is 48.2 Å². The lowest BCUT2D eigenvalue weighted by molar-refractivity contribution is 0.0534. The van der Waals surface area contributed by atoms with E-state index in [0.717, 1.165) is 60.9 Å². The number of terminal acetylenes is 1. The fraction of sp³-hybridized carbons (Fsp3) is 0.177. The van der Waals surface area contributed by atoms with Gasteiger partial charge in [0.25, 0.3) is 11.8 Å². The van der Waals surface area contributed by atoms with E-state index in [-0.39, 0.29) is 53.0 Å². The van der Waals surface area contributed by atoms with Crippen LogP contribution in [0, 0.1) is 76.3 Å². The van der Waals surface area contributed by atoms with Crippen LogP contribution in [0.15, 0.2) is 133 Å². The summed E-state index contributed by atoms with van der Waals surface area (Å²) < 4.78 is 45.4. The van der Waals surface area contributed by atoms with E-state index >= 15 is 0 Å². The number of benzene rings is 2. The third-order valence-electron chi connectivity index (χ3n) is 11.4.